The first-order chi connectivity index (χ1) is 41.7. The molecule has 4 aromatic heterocycles. The number of amides is 2. The van der Waals surface area contributed by atoms with Gasteiger partial charge in [0.25, 0.3) is 11.1 Å². The van der Waals surface area contributed by atoms with E-state index in [1.165, 1.54) is 0 Å². The van der Waals surface area contributed by atoms with Gasteiger partial charge < -0.3 is 48.0 Å². The molecule has 0 saturated carbocycles. The first-order valence-corrected chi connectivity index (χ1v) is 31.3. The summed E-state index contributed by atoms with van der Waals surface area (Å²) in [6, 6.07) is 19.2. The number of carbonyl (C=O) groups excluding carboxylic acids is 3. The molecule has 0 unspecified atom stereocenters. The second kappa shape index (κ2) is 30.6. The van der Waals surface area contributed by atoms with Crippen molar-refractivity contribution in [1.29, 1.82) is 0 Å². The van der Waals surface area contributed by atoms with Gasteiger partial charge in [0.1, 0.15) is 53.5 Å². The quantitative estimate of drug-likeness (QED) is 0.0961. The van der Waals surface area contributed by atoms with Gasteiger partial charge in [-0.2, -0.15) is 0 Å². The number of benzene rings is 2. The van der Waals surface area contributed by atoms with Gasteiger partial charge >= 0.3 is 12.2 Å². The highest BCUT2D eigenvalue weighted by molar-refractivity contribution is 5.96. The molecule has 4 aliphatic heterocycles. The monoisotopic (exact) mass is 1200 g/mol. The average Bonchev–Trinajstić information content (AvgIpc) is 1.74. The smallest absolute Gasteiger partial charge is 0.410 e. The molecule has 4 atom stereocenters. The van der Waals surface area contributed by atoms with E-state index in [0.717, 1.165) is 110 Å². The van der Waals surface area contributed by atoms with E-state index in [2.05, 4.69) is 34.0 Å². The number of likely N-dealkylation sites (tertiary alicyclic amines) is 3. The zero-order valence-corrected chi connectivity index (χ0v) is 52.2. The molecule has 4 saturated heterocycles. The molecule has 0 aliphatic carbocycles. The first-order valence-electron chi connectivity index (χ1n) is 31.3. The molecule has 0 bridgehead atoms. The number of unbranched alkanes of at least 4 members (excludes halogenated alkanes) is 2. The minimum absolute atomic E-state index is 0.00912. The van der Waals surface area contributed by atoms with Gasteiger partial charge in [-0.15, -0.1) is 0 Å². The van der Waals surface area contributed by atoms with Crippen LogP contribution in [0.5, 0.6) is 11.5 Å². The molecular weight excluding hydrogens is 1110 g/mol. The van der Waals surface area contributed by atoms with Crippen LogP contribution in [0.1, 0.15) is 120 Å². The standard InChI is InChI=1S/C34H45FN4O4.C23H26FN3O2.C11H19NO3/c1-5-6-16-39-22-29(27-11-15-36-20-28(27)32(39)40)25-7-9-26(10-8-25)42-31-14-17-37(23-30(31)35)21-24-12-18-38(19-13-24)33(41)43-34(2,3)4;1-2-3-12-27-15-20(18-8-10-25-13-19(18)23(27)28)16-4-6-17(7-5-16)29-22-9-11-26-14-21(22)24;1-11(2,3)15-10(14)12-6-4-9(8-13)5-7-12/h7-11,15,20,22,24,30-31H,5-6,12-14,16-19,21,23H2,1-4H3;4-8,10,13,15,21-22,26H,2-3,9,11-12,14H2,1H3;8-9H,4-7H2,1-3H3/t30-,31-;21-,22-;/m00./s1. The van der Waals surface area contributed by atoms with Crippen LogP contribution in [-0.4, -0.2) is 147 Å². The van der Waals surface area contributed by atoms with Gasteiger partial charge in [0.15, 0.2) is 0 Å². The number of halogens is 2. The molecule has 4 aliphatic rings. The third-order valence-corrected chi connectivity index (χ3v) is 16.3. The number of hydrogen-bond acceptors (Lipinski definition) is 13. The fourth-order valence-corrected chi connectivity index (χ4v) is 11.4. The molecule has 2 aromatic carbocycles. The Morgan fingerprint density at radius 1 is 0.609 bits per heavy atom. The molecule has 4 fully saturated rings. The van der Waals surface area contributed by atoms with Gasteiger partial charge in [-0.05, 0) is 164 Å². The molecular formula is C68H90F2N8O9. The van der Waals surface area contributed by atoms with E-state index in [9.17, 15) is 28.4 Å². The number of pyridine rings is 4. The molecule has 87 heavy (non-hydrogen) atoms. The van der Waals surface area contributed by atoms with Crippen molar-refractivity contribution in [2.75, 3.05) is 58.9 Å². The number of aldehydes is 1. The minimum atomic E-state index is -1.08. The lowest BCUT2D eigenvalue weighted by atomic mass is 9.95. The average molecular weight is 1200 g/mol. The Kier molecular flexibility index (Phi) is 23.1. The number of nitrogens with zero attached hydrogens (tertiary/aromatic N) is 7. The van der Waals surface area contributed by atoms with E-state index in [0.29, 0.717) is 93.4 Å². The molecule has 0 spiro atoms. The Hall–Kier alpha value is -7.25. The van der Waals surface area contributed by atoms with Crippen LogP contribution in [-0.2, 0) is 27.4 Å². The van der Waals surface area contributed by atoms with E-state index in [4.69, 9.17) is 18.9 Å². The van der Waals surface area contributed by atoms with Crippen molar-refractivity contribution >= 4 is 40.0 Å². The fraction of sp³-hybridized carbons (Fsp3) is 0.544. The number of alkyl halides is 2. The van der Waals surface area contributed by atoms with Gasteiger partial charge in [-0.1, -0.05) is 51.0 Å². The van der Waals surface area contributed by atoms with E-state index in [1.807, 2.05) is 115 Å². The number of aromatic nitrogens is 4. The summed E-state index contributed by atoms with van der Waals surface area (Å²) in [5.41, 5.74) is 2.94. The highest BCUT2D eigenvalue weighted by Gasteiger charge is 2.34. The summed E-state index contributed by atoms with van der Waals surface area (Å²) in [4.78, 5) is 74.3. The van der Waals surface area contributed by atoms with Crippen molar-refractivity contribution in [3.8, 4) is 33.8 Å². The second-order valence-electron chi connectivity index (χ2n) is 25.4. The summed E-state index contributed by atoms with van der Waals surface area (Å²) in [7, 11) is 0. The number of fused-ring (bicyclic) bond motifs is 2. The Morgan fingerprint density at radius 2 is 1.07 bits per heavy atom. The highest BCUT2D eigenvalue weighted by atomic mass is 19.1. The Labute approximate surface area is 510 Å². The Morgan fingerprint density at radius 3 is 1.49 bits per heavy atom. The van der Waals surface area contributed by atoms with Crippen molar-refractivity contribution in [2.45, 2.75) is 168 Å². The molecule has 6 aromatic rings. The van der Waals surface area contributed by atoms with Crippen LogP contribution in [0.3, 0.4) is 0 Å². The molecule has 8 heterocycles. The third kappa shape index (κ3) is 18.4. The lowest BCUT2D eigenvalue weighted by molar-refractivity contribution is -0.112. The van der Waals surface area contributed by atoms with Crippen molar-refractivity contribution in [1.82, 2.24) is 39.1 Å². The van der Waals surface area contributed by atoms with Gasteiger partial charge in [-0.3, -0.25) is 24.5 Å². The predicted octanol–water partition coefficient (Wildman–Crippen LogP) is 12.1. The summed E-state index contributed by atoms with van der Waals surface area (Å²) in [5.74, 6) is 1.86. The largest absolute Gasteiger partial charge is 0.487 e. The maximum atomic E-state index is 15.3. The number of piperidine rings is 4. The fourth-order valence-electron chi connectivity index (χ4n) is 11.4. The summed E-state index contributed by atoms with van der Waals surface area (Å²) >= 11 is 0. The number of carbonyl (C=O) groups is 3. The zero-order valence-electron chi connectivity index (χ0n) is 52.2. The number of rotatable bonds is 15. The van der Waals surface area contributed by atoms with Gasteiger partial charge in [0.05, 0.1) is 10.8 Å². The van der Waals surface area contributed by atoms with Gasteiger partial charge in [-0.25, -0.2) is 18.4 Å². The first kappa shape index (κ1) is 65.7. The van der Waals surface area contributed by atoms with Crippen LogP contribution in [0.25, 0.3) is 43.8 Å². The topological polar surface area (TPSA) is 180 Å². The second-order valence-corrected chi connectivity index (χ2v) is 25.4. The lowest BCUT2D eigenvalue weighted by Crippen LogP contribution is -2.49. The maximum absolute atomic E-state index is 15.3. The molecule has 2 amide bonds. The minimum Gasteiger partial charge on any atom is -0.487 e. The number of ether oxygens (including phenoxy) is 4. The van der Waals surface area contributed by atoms with Crippen LogP contribution < -0.4 is 25.9 Å². The van der Waals surface area contributed by atoms with Crippen LogP contribution in [0.2, 0.25) is 0 Å². The van der Waals surface area contributed by atoms with Crippen LogP contribution in [0.4, 0.5) is 18.4 Å². The highest BCUT2D eigenvalue weighted by Crippen LogP contribution is 2.32. The maximum Gasteiger partial charge on any atom is 0.410 e. The zero-order chi connectivity index (χ0) is 62.3. The summed E-state index contributed by atoms with van der Waals surface area (Å²) < 4.78 is 55.6. The third-order valence-electron chi connectivity index (χ3n) is 16.3. The number of nitrogens with one attached hydrogen (secondary N) is 1. The van der Waals surface area contributed by atoms with Crippen LogP contribution >= 0.6 is 0 Å². The number of aryl methyl sites for hydroxylation is 2. The normalized spacial score (nSPS) is 19.7. The SMILES string of the molecule is CC(C)(C)OC(=O)N1CCC(C=O)CC1.CCCCn1cc(-c2ccc(O[C@H]3CCN(CC4CCN(C(=O)OC(C)(C)C)CC4)C[C@@H]3F)cc2)c2ccncc2c1=O.CCCCn1cc(-c2ccc(O[C@H]3CCNC[C@@H]3F)cc2)c2ccncc2c1=O. The van der Waals surface area contributed by atoms with Crippen LogP contribution in [0.15, 0.2) is 107 Å². The van der Waals surface area contributed by atoms with E-state index in [1.54, 1.807) is 43.7 Å². The molecule has 0 radical (unpaired) electrons. The van der Waals surface area contributed by atoms with Crippen molar-refractivity contribution in [2.24, 2.45) is 11.8 Å². The summed E-state index contributed by atoms with van der Waals surface area (Å²) in [6.07, 6.45) is 16.5. The predicted molar refractivity (Wildman–Crippen MR) is 337 cm³/mol. The molecule has 470 valence electrons. The lowest BCUT2D eigenvalue weighted by Gasteiger charge is -2.39. The number of hydrogen-bond donors (Lipinski definition) is 1. The van der Waals surface area contributed by atoms with E-state index >= 15 is 4.39 Å². The Bertz CT molecular complexity index is 3330. The molecule has 19 heteroatoms. The molecule has 1 N–H and O–H groups in total. The van der Waals surface area contributed by atoms with E-state index in [-0.39, 0.29) is 29.2 Å². The molecule has 17 nitrogen and oxygen atoms in total. The Balaban J connectivity index is 0.000000191. The summed E-state index contributed by atoms with van der Waals surface area (Å²) in [6.45, 7) is 22.5. The van der Waals surface area contributed by atoms with Crippen molar-refractivity contribution in [3.05, 3.63) is 119 Å². The molecule has 10 rings (SSSR count). The van der Waals surface area contributed by atoms with Gasteiger partial charge in [0.2, 0.25) is 0 Å². The van der Waals surface area contributed by atoms with Crippen LogP contribution in [0, 0.1) is 11.8 Å². The summed E-state index contributed by atoms with van der Waals surface area (Å²) in [5, 5.41) is 6.02. The van der Waals surface area contributed by atoms with Crippen molar-refractivity contribution in [3.63, 3.8) is 0 Å². The van der Waals surface area contributed by atoms with E-state index < -0.39 is 35.8 Å². The van der Waals surface area contributed by atoms with Crippen molar-refractivity contribution < 1.29 is 42.1 Å². The van der Waals surface area contributed by atoms with Gasteiger partial charge in [0, 0.05) is 120 Å².